The predicted molar refractivity (Wildman–Crippen MR) is 56.2 cm³/mol. The molecule has 0 saturated carbocycles. The van der Waals surface area contributed by atoms with Crippen molar-refractivity contribution in [3.8, 4) is 0 Å². The molecular formula is C10H15N3O2. The van der Waals surface area contributed by atoms with Crippen LogP contribution in [0.5, 0.6) is 0 Å². The number of hydrogen-bond acceptors (Lipinski definition) is 5. The normalized spacial score (nSPS) is 12.1. The minimum Gasteiger partial charge on any atom is -0.458 e. The van der Waals surface area contributed by atoms with Gasteiger partial charge in [-0.05, 0) is 13.3 Å². The maximum Gasteiger partial charge on any atom is 0.361 e. The molecule has 1 unspecified atom stereocenters. The Hall–Kier alpha value is -1.65. The first-order chi connectivity index (χ1) is 7.15. The van der Waals surface area contributed by atoms with E-state index in [1.54, 1.807) is 0 Å². The molecule has 15 heavy (non-hydrogen) atoms. The number of hydrogen-bond donors (Lipinski definition) is 1. The van der Waals surface area contributed by atoms with E-state index in [2.05, 4.69) is 9.97 Å². The molecule has 0 aliphatic carbocycles. The molecule has 0 aliphatic heterocycles. The lowest BCUT2D eigenvalue weighted by molar-refractivity contribution is 0.0317. The molecule has 0 aromatic carbocycles. The van der Waals surface area contributed by atoms with Crippen molar-refractivity contribution < 1.29 is 9.53 Å². The van der Waals surface area contributed by atoms with Gasteiger partial charge in [0.2, 0.25) is 0 Å². The van der Waals surface area contributed by atoms with Crippen molar-refractivity contribution in [3.63, 3.8) is 0 Å². The Bertz CT molecular complexity index is 341. The van der Waals surface area contributed by atoms with Gasteiger partial charge in [-0.15, -0.1) is 0 Å². The van der Waals surface area contributed by atoms with Gasteiger partial charge in [-0.25, -0.2) is 14.8 Å². The van der Waals surface area contributed by atoms with E-state index in [9.17, 15) is 4.79 Å². The molecule has 1 heterocycles. The minimum atomic E-state index is -0.512. The molecule has 0 bridgehead atoms. The first-order valence-electron chi connectivity index (χ1n) is 4.92. The summed E-state index contributed by atoms with van der Waals surface area (Å²) in [5, 5.41) is 0. The molecule has 82 valence electrons. The van der Waals surface area contributed by atoms with Gasteiger partial charge >= 0.3 is 5.97 Å². The summed E-state index contributed by atoms with van der Waals surface area (Å²) in [6, 6.07) is 0. The maximum absolute atomic E-state index is 11.5. The van der Waals surface area contributed by atoms with Crippen LogP contribution in [-0.2, 0) is 4.74 Å². The molecule has 0 amide bonds. The highest BCUT2D eigenvalue weighted by atomic mass is 16.5. The summed E-state index contributed by atoms with van der Waals surface area (Å²) in [5.41, 5.74) is 5.58. The van der Waals surface area contributed by atoms with Crippen LogP contribution >= 0.6 is 0 Å². The van der Waals surface area contributed by atoms with Crippen molar-refractivity contribution in [2.75, 3.05) is 5.73 Å². The number of rotatable bonds is 4. The van der Waals surface area contributed by atoms with Crippen LogP contribution in [0.25, 0.3) is 0 Å². The maximum atomic E-state index is 11.5. The Morgan fingerprint density at radius 2 is 2.20 bits per heavy atom. The number of ether oxygens (including phenoxy) is 1. The number of carbonyl (C=O) groups is 1. The number of anilines is 1. The molecule has 0 fully saturated rings. The Kier molecular flexibility index (Phi) is 4.03. The average molecular weight is 209 g/mol. The molecule has 1 aromatic rings. The second-order valence-electron chi connectivity index (χ2n) is 3.29. The topological polar surface area (TPSA) is 78.1 Å². The van der Waals surface area contributed by atoms with Crippen molar-refractivity contribution in [1.82, 2.24) is 9.97 Å². The fraction of sp³-hybridized carbons (Fsp3) is 0.500. The van der Waals surface area contributed by atoms with Gasteiger partial charge in [-0.2, -0.15) is 0 Å². The number of nitrogens with zero attached hydrogens (tertiary/aromatic N) is 2. The van der Waals surface area contributed by atoms with Crippen LogP contribution in [0, 0.1) is 0 Å². The average Bonchev–Trinajstić information content (AvgIpc) is 2.18. The van der Waals surface area contributed by atoms with E-state index in [0.717, 1.165) is 12.8 Å². The number of aromatic nitrogens is 2. The molecule has 1 atom stereocenters. The van der Waals surface area contributed by atoms with E-state index >= 15 is 0 Å². The van der Waals surface area contributed by atoms with Crippen LogP contribution in [0.15, 0.2) is 12.4 Å². The van der Waals surface area contributed by atoms with Gasteiger partial charge < -0.3 is 10.5 Å². The van der Waals surface area contributed by atoms with E-state index in [1.165, 1.54) is 12.4 Å². The smallest absolute Gasteiger partial charge is 0.361 e. The van der Waals surface area contributed by atoms with Crippen LogP contribution in [0.2, 0.25) is 0 Å². The lowest BCUT2D eigenvalue weighted by atomic mass is 10.2. The lowest BCUT2D eigenvalue weighted by Crippen LogP contribution is -2.17. The van der Waals surface area contributed by atoms with Gasteiger partial charge in [0, 0.05) is 12.4 Å². The SMILES string of the molecule is CCCC(C)OC(=O)c1nccnc1N. The first kappa shape index (κ1) is 11.4. The number of nitrogens with two attached hydrogens (primary N) is 1. The number of nitrogen functional groups attached to an aromatic ring is 1. The van der Waals surface area contributed by atoms with Gasteiger partial charge in [-0.1, -0.05) is 13.3 Å². The van der Waals surface area contributed by atoms with Gasteiger partial charge in [-0.3, -0.25) is 0 Å². The van der Waals surface area contributed by atoms with Crippen molar-refractivity contribution in [2.24, 2.45) is 0 Å². The van der Waals surface area contributed by atoms with E-state index in [4.69, 9.17) is 10.5 Å². The summed E-state index contributed by atoms with van der Waals surface area (Å²) in [7, 11) is 0. The highest BCUT2D eigenvalue weighted by Gasteiger charge is 2.16. The van der Waals surface area contributed by atoms with Crippen molar-refractivity contribution in [2.45, 2.75) is 32.8 Å². The molecule has 1 aromatic heterocycles. The summed E-state index contributed by atoms with van der Waals surface area (Å²) < 4.78 is 5.14. The summed E-state index contributed by atoms with van der Waals surface area (Å²) >= 11 is 0. The summed E-state index contributed by atoms with van der Waals surface area (Å²) in [5.74, 6) is -0.409. The Labute approximate surface area is 88.7 Å². The van der Waals surface area contributed by atoms with Gasteiger partial charge in [0.25, 0.3) is 0 Å². The van der Waals surface area contributed by atoms with Crippen LogP contribution in [0.1, 0.15) is 37.2 Å². The molecule has 0 radical (unpaired) electrons. The number of carbonyl (C=O) groups excluding carboxylic acids is 1. The molecule has 0 spiro atoms. The molecule has 1 rings (SSSR count). The third-order valence-corrected chi connectivity index (χ3v) is 1.92. The summed E-state index contributed by atoms with van der Waals surface area (Å²) in [6.07, 6.45) is 4.51. The number of esters is 1. The Morgan fingerprint density at radius 3 is 2.80 bits per heavy atom. The molecule has 0 saturated heterocycles. The zero-order chi connectivity index (χ0) is 11.3. The predicted octanol–water partition coefficient (Wildman–Crippen LogP) is 1.40. The van der Waals surface area contributed by atoms with Crippen LogP contribution in [-0.4, -0.2) is 22.0 Å². The van der Waals surface area contributed by atoms with E-state index in [-0.39, 0.29) is 17.6 Å². The van der Waals surface area contributed by atoms with E-state index in [0.29, 0.717) is 0 Å². The van der Waals surface area contributed by atoms with E-state index < -0.39 is 5.97 Å². The molecule has 5 heteroatoms. The zero-order valence-corrected chi connectivity index (χ0v) is 8.93. The first-order valence-corrected chi connectivity index (χ1v) is 4.92. The lowest BCUT2D eigenvalue weighted by Gasteiger charge is -2.11. The summed E-state index contributed by atoms with van der Waals surface area (Å²) in [4.78, 5) is 19.1. The highest BCUT2D eigenvalue weighted by Crippen LogP contribution is 2.09. The van der Waals surface area contributed by atoms with Crippen LogP contribution < -0.4 is 5.73 Å². The van der Waals surface area contributed by atoms with Crippen molar-refractivity contribution >= 4 is 11.8 Å². The Morgan fingerprint density at radius 1 is 1.53 bits per heavy atom. The molecular weight excluding hydrogens is 194 g/mol. The second kappa shape index (κ2) is 5.29. The highest BCUT2D eigenvalue weighted by molar-refractivity contribution is 5.91. The quantitative estimate of drug-likeness (QED) is 0.758. The van der Waals surface area contributed by atoms with Gasteiger partial charge in [0.05, 0.1) is 6.10 Å². The Balaban J connectivity index is 2.65. The van der Waals surface area contributed by atoms with Crippen LogP contribution in [0.3, 0.4) is 0 Å². The third kappa shape index (κ3) is 3.19. The standard InChI is InChI=1S/C10H15N3O2/c1-3-4-7(2)15-10(14)8-9(11)13-6-5-12-8/h5-7H,3-4H2,1-2H3,(H2,11,13). The van der Waals surface area contributed by atoms with Crippen LogP contribution in [0.4, 0.5) is 5.82 Å². The third-order valence-electron chi connectivity index (χ3n) is 1.92. The monoisotopic (exact) mass is 209 g/mol. The molecule has 0 aliphatic rings. The van der Waals surface area contributed by atoms with Crippen molar-refractivity contribution in [1.29, 1.82) is 0 Å². The molecule has 2 N–H and O–H groups in total. The zero-order valence-electron chi connectivity index (χ0n) is 8.93. The second-order valence-corrected chi connectivity index (χ2v) is 3.29. The van der Waals surface area contributed by atoms with Gasteiger partial charge in [0.15, 0.2) is 11.5 Å². The molecule has 5 nitrogen and oxygen atoms in total. The van der Waals surface area contributed by atoms with Crippen molar-refractivity contribution in [3.05, 3.63) is 18.1 Å². The summed E-state index contributed by atoms with van der Waals surface area (Å²) in [6.45, 7) is 3.87. The fourth-order valence-electron chi connectivity index (χ4n) is 1.21. The van der Waals surface area contributed by atoms with Gasteiger partial charge in [0.1, 0.15) is 0 Å². The van der Waals surface area contributed by atoms with E-state index in [1.807, 2.05) is 13.8 Å². The fourth-order valence-corrected chi connectivity index (χ4v) is 1.21. The largest absolute Gasteiger partial charge is 0.458 e. The minimum absolute atomic E-state index is 0.0838.